The van der Waals surface area contributed by atoms with E-state index >= 15 is 0 Å². The standard InChI is InChI=1S/C21H23NO5/c1-15(17-11-7-4-8-12-17)22-19(20(23)25-2)18(27-21(22)24)14-26-13-16-9-5-3-6-10-16/h3-12,15,18-19H,13-14H2,1-2H3. The molecule has 0 aliphatic carbocycles. The molecule has 1 saturated heterocycles. The summed E-state index contributed by atoms with van der Waals surface area (Å²) < 4.78 is 16.1. The zero-order chi connectivity index (χ0) is 19.2. The summed E-state index contributed by atoms with van der Waals surface area (Å²) in [5.41, 5.74) is 1.92. The van der Waals surface area contributed by atoms with Gasteiger partial charge in [-0.3, -0.25) is 4.90 Å². The Hall–Kier alpha value is -2.86. The van der Waals surface area contributed by atoms with Gasteiger partial charge in [0.05, 0.1) is 26.4 Å². The van der Waals surface area contributed by atoms with Gasteiger partial charge in [-0.25, -0.2) is 9.59 Å². The van der Waals surface area contributed by atoms with Crippen molar-refractivity contribution in [3.63, 3.8) is 0 Å². The normalized spacial score (nSPS) is 20.2. The molecule has 1 heterocycles. The van der Waals surface area contributed by atoms with Crippen LogP contribution in [0.4, 0.5) is 4.79 Å². The van der Waals surface area contributed by atoms with E-state index in [4.69, 9.17) is 14.2 Å². The van der Waals surface area contributed by atoms with E-state index in [-0.39, 0.29) is 12.6 Å². The molecule has 3 unspecified atom stereocenters. The first kappa shape index (κ1) is 18.9. The quantitative estimate of drug-likeness (QED) is 0.701. The van der Waals surface area contributed by atoms with E-state index in [9.17, 15) is 9.59 Å². The number of rotatable bonds is 7. The van der Waals surface area contributed by atoms with Gasteiger partial charge in [0.25, 0.3) is 0 Å². The van der Waals surface area contributed by atoms with Crippen LogP contribution < -0.4 is 0 Å². The number of ether oxygens (including phenoxy) is 3. The Morgan fingerprint density at radius 3 is 2.37 bits per heavy atom. The second kappa shape index (κ2) is 8.68. The van der Waals surface area contributed by atoms with Gasteiger partial charge in [-0.05, 0) is 18.1 Å². The predicted molar refractivity (Wildman–Crippen MR) is 98.9 cm³/mol. The molecule has 0 radical (unpaired) electrons. The van der Waals surface area contributed by atoms with E-state index in [1.807, 2.05) is 67.6 Å². The number of hydrogen-bond donors (Lipinski definition) is 0. The summed E-state index contributed by atoms with van der Waals surface area (Å²) in [6.45, 7) is 2.34. The molecule has 0 N–H and O–H groups in total. The molecule has 2 aromatic carbocycles. The van der Waals surface area contributed by atoms with Gasteiger partial charge < -0.3 is 14.2 Å². The fourth-order valence-electron chi connectivity index (χ4n) is 3.22. The summed E-state index contributed by atoms with van der Waals surface area (Å²) in [5.74, 6) is -0.517. The number of hydrogen-bond acceptors (Lipinski definition) is 5. The number of benzene rings is 2. The molecule has 1 aliphatic heterocycles. The maximum absolute atomic E-state index is 12.5. The van der Waals surface area contributed by atoms with Gasteiger partial charge in [0.15, 0.2) is 12.1 Å². The van der Waals surface area contributed by atoms with E-state index in [0.717, 1.165) is 11.1 Å². The van der Waals surface area contributed by atoms with Crippen molar-refractivity contribution in [1.82, 2.24) is 4.90 Å². The molecule has 3 rings (SSSR count). The number of cyclic esters (lactones) is 1. The van der Waals surface area contributed by atoms with Crippen molar-refractivity contribution in [1.29, 1.82) is 0 Å². The Morgan fingerprint density at radius 2 is 1.74 bits per heavy atom. The van der Waals surface area contributed by atoms with E-state index in [0.29, 0.717) is 6.61 Å². The van der Waals surface area contributed by atoms with Crippen LogP contribution in [0.1, 0.15) is 24.1 Å². The lowest BCUT2D eigenvalue weighted by Crippen LogP contribution is -2.46. The molecular formula is C21H23NO5. The van der Waals surface area contributed by atoms with Gasteiger partial charge in [0.2, 0.25) is 0 Å². The van der Waals surface area contributed by atoms with Crippen molar-refractivity contribution in [2.75, 3.05) is 13.7 Å². The molecule has 27 heavy (non-hydrogen) atoms. The van der Waals surface area contributed by atoms with Crippen molar-refractivity contribution in [3.8, 4) is 0 Å². The van der Waals surface area contributed by atoms with Crippen LogP contribution in [-0.4, -0.2) is 42.8 Å². The smallest absolute Gasteiger partial charge is 0.411 e. The molecule has 1 amide bonds. The Bertz CT molecular complexity index is 765. The third kappa shape index (κ3) is 4.28. The summed E-state index contributed by atoms with van der Waals surface area (Å²) >= 11 is 0. The predicted octanol–water partition coefficient (Wildman–Crippen LogP) is 3.33. The zero-order valence-electron chi connectivity index (χ0n) is 15.4. The summed E-state index contributed by atoms with van der Waals surface area (Å²) in [4.78, 5) is 26.3. The highest BCUT2D eigenvalue weighted by Crippen LogP contribution is 2.31. The lowest BCUT2D eigenvalue weighted by molar-refractivity contribution is -0.148. The number of amides is 1. The topological polar surface area (TPSA) is 65.1 Å². The first-order valence-electron chi connectivity index (χ1n) is 8.85. The molecule has 3 atom stereocenters. The van der Waals surface area contributed by atoms with E-state index in [2.05, 4.69) is 0 Å². The molecule has 1 fully saturated rings. The number of carbonyl (C=O) groups excluding carboxylic acids is 2. The largest absolute Gasteiger partial charge is 0.467 e. The van der Waals surface area contributed by atoms with Crippen molar-refractivity contribution in [2.45, 2.75) is 31.7 Å². The van der Waals surface area contributed by atoms with Gasteiger partial charge in [0, 0.05) is 0 Å². The van der Waals surface area contributed by atoms with Gasteiger partial charge >= 0.3 is 12.1 Å². The molecule has 0 bridgehead atoms. The SMILES string of the molecule is COC(=O)C1C(COCc2ccccc2)OC(=O)N1C(C)c1ccccc1. The van der Waals surface area contributed by atoms with Crippen LogP contribution in [0.2, 0.25) is 0 Å². The number of nitrogens with zero attached hydrogens (tertiary/aromatic N) is 1. The molecule has 6 heteroatoms. The van der Waals surface area contributed by atoms with Gasteiger partial charge in [-0.1, -0.05) is 60.7 Å². The third-order valence-electron chi connectivity index (χ3n) is 4.65. The highest BCUT2D eigenvalue weighted by Gasteiger charge is 2.49. The summed E-state index contributed by atoms with van der Waals surface area (Å²) in [7, 11) is 1.30. The lowest BCUT2D eigenvalue weighted by atomic mass is 10.0. The van der Waals surface area contributed by atoms with Crippen molar-refractivity contribution >= 4 is 12.1 Å². The number of carbonyl (C=O) groups is 2. The van der Waals surface area contributed by atoms with Crippen LogP contribution in [0.25, 0.3) is 0 Å². The van der Waals surface area contributed by atoms with E-state index in [1.54, 1.807) is 0 Å². The van der Waals surface area contributed by atoms with Gasteiger partial charge in [-0.15, -0.1) is 0 Å². The Kier molecular flexibility index (Phi) is 6.08. The summed E-state index contributed by atoms with van der Waals surface area (Å²) in [6, 6.07) is 18.0. The molecule has 1 aliphatic rings. The molecule has 6 nitrogen and oxygen atoms in total. The Balaban J connectivity index is 1.72. The second-order valence-corrected chi connectivity index (χ2v) is 6.38. The van der Waals surface area contributed by atoms with Crippen LogP contribution in [0.3, 0.4) is 0 Å². The average Bonchev–Trinajstić information content (AvgIpc) is 3.04. The molecule has 0 saturated carbocycles. The maximum atomic E-state index is 12.5. The van der Waals surface area contributed by atoms with Gasteiger partial charge in [0.1, 0.15) is 0 Å². The van der Waals surface area contributed by atoms with Crippen molar-refractivity contribution < 1.29 is 23.8 Å². The first-order valence-corrected chi connectivity index (χ1v) is 8.85. The minimum absolute atomic E-state index is 0.110. The average molecular weight is 369 g/mol. The maximum Gasteiger partial charge on any atom is 0.411 e. The summed E-state index contributed by atoms with van der Waals surface area (Å²) in [5, 5.41) is 0. The fourth-order valence-corrected chi connectivity index (χ4v) is 3.22. The molecule has 142 valence electrons. The molecule has 2 aromatic rings. The van der Waals surface area contributed by atoms with Crippen LogP contribution in [0, 0.1) is 0 Å². The highest BCUT2D eigenvalue weighted by molar-refractivity contribution is 5.85. The van der Waals surface area contributed by atoms with Crippen LogP contribution in [-0.2, 0) is 25.6 Å². The van der Waals surface area contributed by atoms with Gasteiger partial charge in [-0.2, -0.15) is 0 Å². The van der Waals surface area contributed by atoms with Crippen molar-refractivity contribution in [3.05, 3.63) is 71.8 Å². The number of esters is 1. The van der Waals surface area contributed by atoms with E-state index in [1.165, 1.54) is 12.0 Å². The minimum atomic E-state index is -0.853. The molecule has 0 spiro atoms. The van der Waals surface area contributed by atoms with E-state index < -0.39 is 24.2 Å². The van der Waals surface area contributed by atoms with Crippen LogP contribution in [0.15, 0.2) is 60.7 Å². The monoisotopic (exact) mass is 369 g/mol. The zero-order valence-corrected chi connectivity index (χ0v) is 15.4. The minimum Gasteiger partial charge on any atom is -0.467 e. The third-order valence-corrected chi connectivity index (χ3v) is 4.65. The fraction of sp³-hybridized carbons (Fsp3) is 0.333. The molecule has 0 aromatic heterocycles. The van der Waals surface area contributed by atoms with Crippen LogP contribution >= 0.6 is 0 Å². The Morgan fingerprint density at radius 1 is 1.11 bits per heavy atom. The van der Waals surface area contributed by atoms with Crippen LogP contribution in [0.5, 0.6) is 0 Å². The highest BCUT2D eigenvalue weighted by atomic mass is 16.6. The second-order valence-electron chi connectivity index (χ2n) is 6.38. The molecular weight excluding hydrogens is 346 g/mol. The first-order chi connectivity index (χ1) is 13.1. The summed E-state index contributed by atoms with van der Waals surface area (Å²) in [6.07, 6.45) is -1.27. The van der Waals surface area contributed by atoms with Crippen molar-refractivity contribution in [2.24, 2.45) is 0 Å². The lowest BCUT2D eigenvalue weighted by Gasteiger charge is -2.28. The number of methoxy groups -OCH3 is 1. The Labute approximate surface area is 158 Å².